The van der Waals surface area contributed by atoms with Gasteiger partial charge in [-0.3, -0.25) is 14.6 Å². The normalized spacial score (nSPS) is 8.43. The minimum atomic E-state index is -0.779. The molecule has 7 nitrogen and oxygen atoms in total. The van der Waals surface area contributed by atoms with E-state index in [9.17, 15) is 14.4 Å². The molecule has 0 spiro atoms. The van der Waals surface area contributed by atoms with Crippen molar-refractivity contribution in [3.8, 4) is 5.75 Å². The van der Waals surface area contributed by atoms with Crippen LogP contribution in [-0.4, -0.2) is 28.2 Å². The van der Waals surface area contributed by atoms with Crippen LogP contribution in [-0.2, 0) is 9.53 Å². The molecule has 3 N–H and O–H groups in total. The molecule has 0 bridgehead atoms. The van der Waals surface area contributed by atoms with Gasteiger partial charge in [-0.15, -0.1) is 0 Å². The van der Waals surface area contributed by atoms with E-state index < -0.39 is 17.0 Å². The fourth-order valence-electron chi connectivity index (χ4n) is 0.403. The van der Waals surface area contributed by atoms with Crippen LogP contribution in [0.5, 0.6) is 5.75 Å². The molecule has 1 aromatic rings. The molecule has 0 aliphatic rings. The van der Waals surface area contributed by atoms with E-state index in [0.29, 0.717) is 0 Å². The lowest BCUT2D eigenvalue weighted by Gasteiger charge is -1.83. The molecule has 0 fully saturated rings. The largest absolute Gasteiger partial charge is 0.502 e. The van der Waals surface area contributed by atoms with E-state index in [4.69, 9.17) is 5.11 Å². The highest BCUT2D eigenvalue weighted by atomic mass is 16.5. The molecular weight excluding hydrogens is 192 g/mol. The standard InChI is InChI=1S/C4H4N2O3.C3H6O2/c7-2-1-5-4(9)6-3(2)8;1-3(4)5-2/h1,7H,(H2,5,6,8,9);1-2H3. The van der Waals surface area contributed by atoms with Crippen molar-refractivity contribution < 1.29 is 14.6 Å². The summed E-state index contributed by atoms with van der Waals surface area (Å²) in [5.41, 5.74) is -1.41. The van der Waals surface area contributed by atoms with Crippen molar-refractivity contribution in [2.75, 3.05) is 7.11 Å². The summed E-state index contributed by atoms with van der Waals surface area (Å²) in [5.74, 6) is -0.736. The van der Waals surface area contributed by atoms with E-state index >= 15 is 0 Å². The van der Waals surface area contributed by atoms with Crippen LogP contribution in [0.15, 0.2) is 15.8 Å². The number of hydrogen-bond acceptors (Lipinski definition) is 5. The first-order valence-electron chi connectivity index (χ1n) is 3.53. The molecule has 0 amide bonds. The maximum atomic E-state index is 10.3. The number of ether oxygens (including phenoxy) is 1. The van der Waals surface area contributed by atoms with Gasteiger partial charge in [0.15, 0.2) is 5.75 Å². The highest BCUT2D eigenvalue weighted by Crippen LogP contribution is 1.86. The third-order valence-corrected chi connectivity index (χ3v) is 1.09. The molecule has 1 heterocycles. The number of carbonyl (C=O) groups excluding carboxylic acids is 1. The van der Waals surface area contributed by atoms with E-state index in [1.807, 2.05) is 4.98 Å². The van der Waals surface area contributed by atoms with E-state index in [1.165, 1.54) is 14.0 Å². The van der Waals surface area contributed by atoms with Gasteiger partial charge in [0.25, 0.3) is 5.56 Å². The Morgan fingerprint density at radius 3 is 2.29 bits per heavy atom. The summed E-state index contributed by atoms with van der Waals surface area (Å²) >= 11 is 0. The second-order valence-corrected chi connectivity index (χ2v) is 2.15. The Morgan fingerprint density at radius 1 is 1.50 bits per heavy atom. The Labute approximate surface area is 78.4 Å². The van der Waals surface area contributed by atoms with Gasteiger partial charge >= 0.3 is 11.7 Å². The molecule has 7 heteroatoms. The number of aromatic amines is 2. The number of carbonyl (C=O) groups is 1. The number of hydrogen-bond donors (Lipinski definition) is 3. The molecule has 1 aromatic heterocycles. The van der Waals surface area contributed by atoms with Crippen LogP contribution in [0.4, 0.5) is 0 Å². The van der Waals surface area contributed by atoms with Crippen LogP contribution >= 0.6 is 0 Å². The van der Waals surface area contributed by atoms with Crippen molar-refractivity contribution in [2.24, 2.45) is 0 Å². The number of aromatic hydroxyl groups is 1. The number of esters is 1. The molecule has 1 rings (SSSR count). The smallest absolute Gasteiger partial charge is 0.325 e. The molecule has 0 saturated heterocycles. The molecule has 0 aliphatic carbocycles. The van der Waals surface area contributed by atoms with Gasteiger partial charge in [0, 0.05) is 6.92 Å². The predicted octanol–water partition coefficient (Wildman–Crippen LogP) is -1.05. The van der Waals surface area contributed by atoms with Crippen LogP contribution < -0.4 is 11.2 Å². The highest BCUT2D eigenvalue weighted by molar-refractivity contribution is 5.65. The average Bonchev–Trinajstić information content (AvgIpc) is 2.13. The van der Waals surface area contributed by atoms with E-state index in [2.05, 4.69) is 9.72 Å². The molecule has 0 atom stereocenters. The lowest BCUT2D eigenvalue weighted by atomic mass is 10.6. The number of nitrogens with one attached hydrogen (secondary N) is 2. The molecule has 0 unspecified atom stereocenters. The zero-order valence-corrected chi connectivity index (χ0v) is 7.66. The van der Waals surface area contributed by atoms with Crippen LogP contribution in [0.2, 0.25) is 0 Å². The van der Waals surface area contributed by atoms with Gasteiger partial charge in [0.05, 0.1) is 13.3 Å². The summed E-state index contributed by atoms with van der Waals surface area (Å²) in [6, 6.07) is 0. The SMILES string of the molecule is COC(C)=O.O=c1[nH]cc(O)c(=O)[nH]1. The van der Waals surface area contributed by atoms with Gasteiger partial charge < -0.3 is 14.8 Å². The van der Waals surface area contributed by atoms with Crippen LogP contribution in [0, 0.1) is 0 Å². The van der Waals surface area contributed by atoms with Gasteiger partial charge in [-0.25, -0.2) is 4.79 Å². The van der Waals surface area contributed by atoms with E-state index in [-0.39, 0.29) is 5.97 Å². The fourth-order valence-corrected chi connectivity index (χ4v) is 0.403. The van der Waals surface area contributed by atoms with Crippen LogP contribution in [0.3, 0.4) is 0 Å². The zero-order valence-electron chi connectivity index (χ0n) is 7.66. The lowest BCUT2D eigenvalue weighted by Crippen LogP contribution is -2.20. The van der Waals surface area contributed by atoms with Crippen molar-refractivity contribution in [2.45, 2.75) is 6.92 Å². The maximum absolute atomic E-state index is 10.3. The zero-order chi connectivity index (χ0) is 11.1. The molecule has 0 radical (unpaired) electrons. The van der Waals surface area contributed by atoms with Crippen molar-refractivity contribution in [3.05, 3.63) is 27.0 Å². The first kappa shape index (κ1) is 11.9. The third kappa shape index (κ3) is 4.75. The highest BCUT2D eigenvalue weighted by Gasteiger charge is 1.91. The Bertz CT molecular complexity index is 405. The summed E-state index contributed by atoms with van der Waals surface area (Å²) in [4.78, 5) is 34.0. The quantitative estimate of drug-likeness (QED) is 0.464. The van der Waals surface area contributed by atoms with Gasteiger partial charge in [-0.1, -0.05) is 0 Å². The molecule has 0 saturated carbocycles. The third-order valence-electron chi connectivity index (χ3n) is 1.09. The molecule has 14 heavy (non-hydrogen) atoms. The maximum Gasteiger partial charge on any atom is 0.325 e. The Morgan fingerprint density at radius 2 is 2.00 bits per heavy atom. The minimum Gasteiger partial charge on any atom is -0.502 e. The number of rotatable bonds is 0. The number of aromatic nitrogens is 2. The van der Waals surface area contributed by atoms with Crippen molar-refractivity contribution in [3.63, 3.8) is 0 Å². The van der Waals surface area contributed by atoms with Gasteiger partial charge in [0.1, 0.15) is 0 Å². The lowest BCUT2D eigenvalue weighted by molar-refractivity contribution is -0.137. The number of H-pyrrole nitrogens is 2. The summed E-state index contributed by atoms with van der Waals surface area (Å²) in [5, 5.41) is 8.53. The van der Waals surface area contributed by atoms with Crippen molar-refractivity contribution in [1.29, 1.82) is 0 Å². The molecular formula is C7H10N2O5. The number of methoxy groups -OCH3 is 1. The average molecular weight is 202 g/mol. The van der Waals surface area contributed by atoms with E-state index in [0.717, 1.165) is 6.20 Å². The summed E-state index contributed by atoms with van der Waals surface area (Å²) in [6.45, 7) is 1.36. The van der Waals surface area contributed by atoms with Gasteiger partial charge in [-0.2, -0.15) is 0 Å². The predicted molar refractivity (Wildman–Crippen MR) is 47.0 cm³/mol. The minimum absolute atomic E-state index is 0.245. The molecule has 78 valence electrons. The Hall–Kier alpha value is -2.05. The van der Waals surface area contributed by atoms with Crippen LogP contribution in [0.25, 0.3) is 0 Å². The summed E-state index contributed by atoms with van der Waals surface area (Å²) < 4.78 is 4.11. The van der Waals surface area contributed by atoms with Crippen molar-refractivity contribution in [1.82, 2.24) is 9.97 Å². The Balaban J connectivity index is 0.000000292. The van der Waals surface area contributed by atoms with E-state index in [1.54, 1.807) is 0 Å². The summed E-state index contributed by atoms with van der Waals surface area (Å²) in [6.07, 6.45) is 0.932. The first-order chi connectivity index (χ1) is 6.47. The van der Waals surface area contributed by atoms with Gasteiger partial charge in [0.2, 0.25) is 0 Å². The molecule has 0 aromatic carbocycles. The second kappa shape index (κ2) is 5.57. The second-order valence-electron chi connectivity index (χ2n) is 2.15. The summed E-state index contributed by atoms with van der Waals surface area (Å²) in [7, 11) is 1.35. The van der Waals surface area contributed by atoms with Crippen LogP contribution in [0.1, 0.15) is 6.92 Å². The first-order valence-corrected chi connectivity index (χ1v) is 3.53. The van der Waals surface area contributed by atoms with Gasteiger partial charge in [-0.05, 0) is 0 Å². The Kier molecular flexibility index (Phi) is 4.76. The monoisotopic (exact) mass is 202 g/mol. The topological polar surface area (TPSA) is 112 Å². The molecule has 0 aliphatic heterocycles. The van der Waals surface area contributed by atoms with Crippen molar-refractivity contribution >= 4 is 5.97 Å². The fraction of sp³-hybridized carbons (Fsp3) is 0.286.